The molecule has 126 valence electrons. The van der Waals surface area contributed by atoms with Crippen LogP contribution in [0.1, 0.15) is 18.4 Å². The van der Waals surface area contributed by atoms with E-state index in [1.165, 1.54) is 29.2 Å². The summed E-state index contributed by atoms with van der Waals surface area (Å²) in [6.45, 7) is -0.357. The number of piperidine rings is 1. The lowest BCUT2D eigenvalue weighted by Gasteiger charge is -2.39. The largest absolute Gasteiger partial charge is 0.417 e. The van der Waals surface area contributed by atoms with Crippen molar-refractivity contribution in [2.75, 3.05) is 13.1 Å². The Bertz CT molecular complexity index is 593. The van der Waals surface area contributed by atoms with E-state index < -0.39 is 29.5 Å². The molecule has 1 aromatic carbocycles. The highest BCUT2D eigenvalue weighted by molar-refractivity contribution is 5.79. The monoisotopic (exact) mass is 332 g/mol. The molecule has 0 unspecified atom stereocenters. The number of benzene rings is 1. The SMILES string of the molecule is O=C(Cc1ccc([N+](=O)[O-])cc1)N1CCC(O)(C(F)(F)F)CC1. The molecule has 1 aliphatic heterocycles. The Hall–Kier alpha value is -2.16. The van der Waals surface area contributed by atoms with Crippen molar-refractivity contribution in [2.45, 2.75) is 31.0 Å². The van der Waals surface area contributed by atoms with Gasteiger partial charge in [0.25, 0.3) is 5.69 Å². The predicted octanol–water partition coefficient (Wildman–Crippen LogP) is 2.05. The van der Waals surface area contributed by atoms with Crippen molar-refractivity contribution in [3.8, 4) is 0 Å². The molecule has 1 fully saturated rings. The van der Waals surface area contributed by atoms with Gasteiger partial charge in [-0.05, 0) is 5.56 Å². The highest BCUT2D eigenvalue weighted by atomic mass is 19.4. The number of halogens is 3. The number of nitrogens with zero attached hydrogens (tertiary/aromatic N) is 2. The standard InChI is InChI=1S/C14H15F3N2O4/c15-14(16,17)13(21)5-7-18(8-6-13)12(20)9-10-1-3-11(4-2-10)19(22)23/h1-4,21H,5-9H2. The summed E-state index contributed by atoms with van der Waals surface area (Å²) in [6, 6.07) is 5.40. The van der Waals surface area contributed by atoms with Crippen molar-refractivity contribution in [3.63, 3.8) is 0 Å². The minimum absolute atomic E-state index is 0.0531. The molecule has 23 heavy (non-hydrogen) atoms. The highest BCUT2D eigenvalue weighted by Gasteiger charge is 2.54. The van der Waals surface area contributed by atoms with E-state index in [0.717, 1.165) is 0 Å². The first-order chi connectivity index (χ1) is 10.6. The Kier molecular flexibility index (Phi) is 4.60. The molecule has 0 saturated carbocycles. The summed E-state index contributed by atoms with van der Waals surface area (Å²) < 4.78 is 38.1. The van der Waals surface area contributed by atoms with Crippen LogP contribution in [0.15, 0.2) is 24.3 Å². The quantitative estimate of drug-likeness (QED) is 0.678. The molecule has 1 heterocycles. The third kappa shape index (κ3) is 3.79. The zero-order chi connectivity index (χ0) is 17.3. The predicted molar refractivity (Wildman–Crippen MR) is 73.6 cm³/mol. The average molecular weight is 332 g/mol. The molecule has 2 rings (SSSR count). The third-order valence-electron chi connectivity index (χ3n) is 3.97. The molecule has 0 aromatic heterocycles. The number of nitro benzene ring substituents is 1. The topological polar surface area (TPSA) is 83.7 Å². The van der Waals surface area contributed by atoms with Crippen LogP contribution >= 0.6 is 0 Å². The normalized spacial score (nSPS) is 17.8. The molecule has 1 N–H and O–H groups in total. The number of non-ortho nitro benzene ring substituents is 1. The van der Waals surface area contributed by atoms with E-state index in [1.54, 1.807) is 0 Å². The van der Waals surface area contributed by atoms with Crippen molar-refractivity contribution < 1.29 is 28.0 Å². The van der Waals surface area contributed by atoms with Gasteiger partial charge in [-0.25, -0.2) is 0 Å². The zero-order valence-electron chi connectivity index (χ0n) is 12.0. The van der Waals surface area contributed by atoms with E-state index in [1.807, 2.05) is 0 Å². The number of nitro groups is 1. The summed E-state index contributed by atoms with van der Waals surface area (Å²) in [6.07, 6.45) is -5.87. The number of alkyl halides is 3. The van der Waals surface area contributed by atoms with Gasteiger partial charge in [0.05, 0.1) is 11.3 Å². The molecular formula is C14H15F3N2O4. The number of carbonyl (C=O) groups is 1. The van der Waals surface area contributed by atoms with Gasteiger partial charge in [-0.3, -0.25) is 14.9 Å². The fourth-order valence-corrected chi connectivity index (χ4v) is 2.43. The number of hydrogen-bond acceptors (Lipinski definition) is 4. The summed E-state index contributed by atoms with van der Waals surface area (Å²) in [4.78, 5) is 23.3. The van der Waals surface area contributed by atoms with Gasteiger partial charge in [-0.1, -0.05) is 12.1 Å². The number of likely N-dealkylation sites (tertiary alicyclic amines) is 1. The molecule has 1 aliphatic rings. The van der Waals surface area contributed by atoms with Gasteiger partial charge >= 0.3 is 6.18 Å². The van der Waals surface area contributed by atoms with Crippen molar-refractivity contribution >= 4 is 11.6 Å². The molecule has 6 nitrogen and oxygen atoms in total. The molecule has 0 atom stereocenters. The van der Waals surface area contributed by atoms with E-state index in [9.17, 15) is 33.2 Å². The maximum Gasteiger partial charge on any atom is 0.417 e. The van der Waals surface area contributed by atoms with E-state index in [4.69, 9.17) is 0 Å². The molecule has 0 bridgehead atoms. The Morgan fingerprint density at radius 2 is 1.78 bits per heavy atom. The van der Waals surface area contributed by atoms with E-state index in [2.05, 4.69) is 0 Å². The lowest BCUT2D eigenvalue weighted by atomic mass is 9.90. The lowest BCUT2D eigenvalue weighted by Crippen LogP contribution is -2.54. The summed E-state index contributed by atoms with van der Waals surface area (Å²) in [5.41, 5.74) is -2.30. The minimum atomic E-state index is -4.71. The number of hydrogen-bond donors (Lipinski definition) is 1. The Morgan fingerprint density at radius 1 is 1.26 bits per heavy atom. The van der Waals surface area contributed by atoms with Gasteiger partial charge in [-0.15, -0.1) is 0 Å². The molecular weight excluding hydrogens is 317 g/mol. The summed E-state index contributed by atoms with van der Waals surface area (Å²) >= 11 is 0. The number of aliphatic hydroxyl groups is 1. The Labute approximate surface area is 129 Å². The van der Waals surface area contributed by atoms with Crippen molar-refractivity contribution in [1.29, 1.82) is 0 Å². The molecule has 0 spiro atoms. The van der Waals surface area contributed by atoms with Gasteiger partial charge < -0.3 is 10.0 Å². The maximum absolute atomic E-state index is 12.7. The second kappa shape index (κ2) is 6.15. The lowest BCUT2D eigenvalue weighted by molar-refractivity contribution is -0.384. The van der Waals surface area contributed by atoms with Crippen LogP contribution in [0.2, 0.25) is 0 Å². The zero-order valence-corrected chi connectivity index (χ0v) is 12.0. The highest BCUT2D eigenvalue weighted by Crippen LogP contribution is 2.38. The van der Waals surface area contributed by atoms with Gasteiger partial charge in [-0.2, -0.15) is 13.2 Å². The second-order valence-electron chi connectivity index (χ2n) is 5.51. The second-order valence-corrected chi connectivity index (χ2v) is 5.51. The number of rotatable bonds is 3. The Balaban J connectivity index is 1.94. The molecule has 0 radical (unpaired) electrons. The van der Waals surface area contributed by atoms with Crippen LogP contribution in [0.4, 0.5) is 18.9 Å². The van der Waals surface area contributed by atoms with Crippen molar-refractivity contribution in [3.05, 3.63) is 39.9 Å². The van der Waals surface area contributed by atoms with Crippen LogP contribution in [0.3, 0.4) is 0 Å². The van der Waals surface area contributed by atoms with Crippen LogP contribution in [0, 0.1) is 10.1 Å². The van der Waals surface area contributed by atoms with Gasteiger partial charge in [0.1, 0.15) is 0 Å². The van der Waals surface area contributed by atoms with Gasteiger partial charge in [0, 0.05) is 38.1 Å². The molecule has 1 aromatic rings. The summed E-state index contributed by atoms with van der Waals surface area (Å²) in [7, 11) is 0. The van der Waals surface area contributed by atoms with E-state index in [0.29, 0.717) is 5.56 Å². The Morgan fingerprint density at radius 3 is 2.22 bits per heavy atom. The fourth-order valence-electron chi connectivity index (χ4n) is 2.43. The van der Waals surface area contributed by atoms with Crippen molar-refractivity contribution in [2.24, 2.45) is 0 Å². The molecule has 9 heteroatoms. The number of carbonyl (C=O) groups excluding carboxylic acids is 1. The van der Waals surface area contributed by atoms with Crippen LogP contribution < -0.4 is 0 Å². The fraction of sp³-hybridized carbons (Fsp3) is 0.500. The smallest absolute Gasteiger partial charge is 0.380 e. The number of amides is 1. The summed E-state index contributed by atoms with van der Waals surface area (Å²) in [5.74, 6) is -0.372. The van der Waals surface area contributed by atoms with Crippen LogP contribution in [0.5, 0.6) is 0 Å². The average Bonchev–Trinajstić information content (AvgIpc) is 2.47. The van der Waals surface area contributed by atoms with Crippen LogP contribution in [0.25, 0.3) is 0 Å². The van der Waals surface area contributed by atoms with Gasteiger partial charge in [0.15, 0.2) is 5.60 Å². The van der Waals surface area contributed by atoms with Crippen LogP contribution in [-0.4, -0.2) is 45.7 Å². The first-order valence-corrected chi connectivity index (χ1v) is 6.93. The first-order valence-electron chi connectivity index (χ1n) is 6.93. The maximum atomic E-state index is 12.7. The van der Waals surface area contributed by atoms with E-state index >= 15 is 0 Å². The van der Waals surface area contributed by atoms with Gasteiger partial charge in [0.2, 0.25) is 5.91 Å². The minimum Gasteiger partial charge on any atom is -0.380 e. The van der Waals surface area contributed by atoms with Crippen molar-refractivity contribution in [1.82, 2.24) is 4.90 Å². The van der Waals surface area contributed by atoms with Crippen LogP contribution in [-0.2, 0) is 11.2 Å². The third-order valence-corrected chi connectivity index (χ3v) is 3.97. The molecule has 0 aliphatic carbocycles. The first kappa shape index (κ1) is 17.2. The molecule has 1 amide bonds. The van der Waals surface area contributed by atoms with E-state index in [-0.39, 0.29) is 31.1 Å². The molecule has 1 saturated heterocycles. The summed E-state index contributed by atoms with van der Waals surface area (Å²) in [5, 5.41) is 20.1.